The van der Waals surface area contributed by atoms with Gasteiger partial charge >= 0.3 is 11.9 Å². The lowest BCUT2D eigenvalue weighted by Crippen LogP contribution is -2.52. The Hall–Kier alpha value is -3.94. The van der Waals surface area contributed by atoms with Gasteiger partial charge in [0.2, 0.25) is 0 Å². The number of hydrogen-bond acceptors (Lipinski definition) is 7. The summed E-state index contributed by atoms with van der Waals surface area (Å²) in [5.41, 5.74) is 5.44. The Balaban J connectivity index is 1.27. The van der Waals surface area contributed by atoms with E-state index < -0.39 is 5.41 Å². The molecule has 7 aliphatic rings. The number of fused-ring (bicyclic) bond motifs is 1. The number of piperidine rings is 1. The summed E-state index contributed by atoms with van der Waals surface area (Å²) >= 11 is 0. The standard InChI is InChI=1S/C41H45NO6/c1-2-3-9-34-41-19-16-29(35(38(41)40(46)48-34)32-22-27(44)11-12-28(32)25-7-5-4-6-8-25)30-13-14-31-33(47-39(45)36(31)37(30)41)15-10-26(23-43)24-17-20-42-21-18-24/h4-9,11-12,15,22,24,26,29-30,37,42-44H,2-3,10,13-14,16-21,23H2,1H3/b33-15?,34-9-/t26-,29-,30+,37-,41-/m1/s1. The van der Waals surface area contributed by atoms with Crippen LogP contribution in [-0.2, 0) is 19.1 Å². The highest BCUT2D eigenvalue weighted by Gasteiger charge is 2.68. The zero-order valence-corrected chi connectivity index (χ0v) is 27.7. The quantitative estimate of drug-likeness (QED) is 0.260. The van der Waals surface area contributed by atoms with E-state index in [1.54, 1.807) is 6.07 Å². The van der Waals surface area contributed by atoms with Crippen LogP contribution in [0.15, 0.2) is 88.9 Å². The van der Waals surface area contributed by atoms with Gasteiger partial charge in [-0.3, -0.25) is 0 Å². The number of ether oxygens (including phenoxy) is 2. The molecular formula is C41H45NO6. The molecule has 4 aliphatic carbocycles. The number of phenolic OH excluding ortho intramolecular Hbond substituents is 1. The van der Waals surface area contributed by atoms with E-state index in [0.717, 1.165) is 97.9 Å². The van der Waals surface area contributed by atoms with Gasteiger partial charge in [0.25, 0.3) is 0 Å². The first-order valence-electron chi connectivity index (χ1n) is 18.0. The van der Waals surface area contributed by atoms with Crippen LogP contribution in [0.5, 0.6) is 5.75 Å². The van der Waals surface area contributed by atoms with Gasteiger partial charge in [0.1, 0.15) is 17.3 Å². The lowest BCUT2D eigenvalue weighted by molar-refractivity contribution is -0.135. The second-order valence-electron chi connectivity index (χ2n) is 14.5. The first-order chi connectivity index (χ1) is 23.5. The van der Waals surface area contributed by atoms with Crippen molar-refractivity contribution in [3.05, 3.63) is 94.5 Å². The monoisotopic (exact) mass is 647 g/mol. The summed E-state index contributed by atoms with van der Waals surface area (Å²) in [6.45, 7) is 4.17. The Bertz CT molecular complexity index is 1760. The molecule has 3 fully saturated rings. The van der Waals surface area contributed by atoms with Crippen LogP contribution in [0.4, 0.5) is 0 Å². The van der Waals surface area contributed by atoms with E-state index >= 15 is 0 Å². The third kappa shape index (κ3) is 4.84. The number of carbonyl (C=O) groups excluding carboxylic acids is 2. The third-order valence-electron chi connectivity index (χ3n) is 12.2. The summed E-state index contributed by atoms with van der Waals surface area (Å²) in [6, 6.07) is 15.6. The van der Waals surface area contributed by atoms with Crippen LogP contribution in [0.2, 0.25) is 0 Å². The number of esters is 2. The Labute approximate surface area is 282 Å². The van der Waals surface area contributed by atoms with Crippen molar-refractivity contribution in [3.8, 4) is 16.9 Å². The lowest BCUT2D eigenvalue weighted by Gasteiger charge is -2.56. The number of aromatic hydroxyl groups is 1. The molecule has 0 radical (unpaired) electrons. The van der Waals surface area contributed by atoms with Crippen molar-refractivity contribution >= 4 is 17.5 Å². The van der Waals surface area contributed by atoms with Gasteiger partial charge in [-0.15, -0.1) is 0 Å². The topological polar surface area (TPSA) is 105 Å². The Morgan fingerprint density at radius 1 is 0.958 bits per heavy atom. The molecule has 1 saturated carbocycles. The highest BCUT2D eigenvalue weighted by atomic mass is 16.5. The van der Waals surface area contributed by atoms with Gasteiger partial charge in [-0.25, -0.2) is 9.59 Å². The Morgan fingerprint density at radius 2 is 1.77 bits per heavy atom. The Morgan fingerprint density at radius 3 is 2.54 bits per heavy atom. The van der Waals surface area contributed by atoms with E-state index in [9.17, 15) is 19.8 Å². The maximum atomic E-state index is 14.2. The number of benzene rings is 2. The first-order valence-corrected chi connectivity index (χ1v) is 18.0. The number of phenols is 1. The minimum atomic E-state index is -0.765. The van der Waals surface area contributed by atoms with Crippen molar-refractivity contribution in [1.29, 1.82) is 0 Å². The number of aliphatic hydroxyl groups is 1. The number of unbranched alkanes of at least 4 members (excludes halogenated alkanes) is 1. The predicted octanol–water partition coefficient (Wildman–Crippen LogP) is 7.23. The number of nitrogens with one attached hydrogen (secondary N) is 1. The molecule has 0 unspecified atom stereocenters. The number of hydrogen-bond donors (Lipinski definition) is 3. The van der Waals surface area contributed by atoms with E-state index in [1.165, 1.54) is 0 Å². The third-order valence-corrected chi connectivity index (χ3v) is 12.2. The van der Waals surface area contributed by atoms with Crippen molar-refractivity contribution in [2.75, 3.05) is 19.7 Å². The van der Waals surface area contributed by atoms with Gasteiger partial charge in [-0.05, 0) is 135 Å². The van der Waals surface area contributed by atoms with Gasteiger partial charge in [0, 0.05) is 23.7 Å². The molecule has 250 valence electrons. The average molecular weight is 648 g/mol. The average Bonchev–Trinajstić information content (AvgIpc) is 3.61. The Kier molecular flexibility index (Phi) is 8.16. The lowest BCUT2D eigenvalue weighted by atomic mass is 9.44. The SMILES string of the molecule is CCC/C=C1\OC(=O)C2=C(c3cc(O)ccc3-c3ccccc3)[C@@H]3CC[C@@]21[C@H]1C2=C(CC[C@@H]31)C(=CC[C@H](CO)C1CCNCC1)OC2=O. The molecule has 2 saturated heterocycles. The molecule has 1 spiro atoms. The van der Waals surface area contributed by atoms with Crippen LogP contribution in [0.3, 0.4) is 0 Å². The van der Waals surface area contributed by atoms with Crippen molar-refractivity contribution in [3.63, 3.8) is 0 Å². The van der Waals surface area contributed by atoms with Gasteiger partial charge in [-0.1, -0.05) is 49.7 Å². The maximum absolute atomic E-state index is 14.2. The highest BCUT2D eigenvalue weighted by Crippen LogP contribution is 2.72. The molecule has 3 N–H and O–H groups in total. The summed E-state index contributed by atoms with van der Waals surface area (Å²) in [5, 5.41) is 24.5. The summed E-state index contributed by atoms with van der Waals surface area (Å²) in [4.78, 5) is 28.2. The second kappa shape index (κ2) is 12.5. The van der Waals surface area contributed by atoms with Gasteiger partial charge in [-0.2, -0.15) is 0 Å². The molecule has 48 heavy (non-hydrogen) atoms. The van der Waals surface area contributed by atoms with Crippen LogP contribution in [0.25, 0.3) is 16.7 Å². The van der Waals surface area contributed by atoms with E-state index in [0.29, 0.717) is 29.4 Å². The van der Waals surface area contributed by atoms with Gasteiger partial charge in [0.15, 0.2) is 0 Å². The largest absolute Gasteiger partial charge is 0.508 e. The summed E-state index contributed by atoms with van der Waals surface area (Å²) in [7, 11) is 0. The van der Waals surface area contributed by atoms with E-state index in [2.05, 4.69) is 30.4 Å². The molecule has 2 aromatic carbocycles. The van der Waals surface area contributed by atoms with Gasteiger partial charge < -0.3 is 25.0 Å². The molecular weight excluding hydrogens is 602 g/mol. The minimum Gasteiger partial charge on any atom is -0.508 e. The zero-order chi connectivity index (χ0) is 33.0. The highest BCUT2D eigenvalue weighted by molar-refractivity contribution is 6.07. The van der Waals surface area contributed by atoms with Crippen molar-refractivity contribution < 1.29 is 29.3 Å². The molecule has 2 bridgehead atoms. The summed E-state index contributed by atoms with van der Waals surface area (Å²) in [6.07, 6.45) is 11.8. The van der Waals surface area contributed by atoms with E-state index in [1.807, 2.05) is 36.4 Å². The second-order valence-corrected chi connectivity index (χ2v) is 14.5. The fraction of sp³-hybridized carbons (Fsp3) is 0.463. The van der Waals surface area contributed by atoms with Crippen LogP contribution in [0.1, 0.15) is 70.3 Å². The summed E-state index contributed by atoms with van der Waals surface area (Å²) in [5.74, 6) is 1.36. The number of aliphatic hydroxyl groups excluding tert-OH is 1. The molecule has 7 nitrogen and oxygen atoms in total. The predicted molar refractivity (Wildman–Crippen MR) is 183 cm³/mol. The van der Waals surface area contributed by atoms with Crippen LogP contribution < -0.4 is 5.32 Å². The van der Waals surface area contributed by atoms with Crippen molar-refractivity contribution in [2.45, 2.75) is 64.7 Å². The van der Waals surface area contributed by atoms with Gasteiger partial charge in [0.05, 0.1) is 11.0 Å². The number of rotatable bonds is 8. The van der Waals surface area contributed by atoms with Crippen LogP contribution in [0, 0.1) is 35.0 Å². The molecule has 7 heteroatoms. The number of carbonyl (C=O) groups is 2. The van der Waals surface area contributed by atoms with Crippen LogP contribution >= 0.6 is 0 Å². The molecule has 5 atom stereocenters. The normalized spacial score (nSPS) is 30.4. The smallest absolute Gasteiger partial charge is 0.340 e. The molecule has 9 rings (SSSR count). The summed E-state index contributed by atoms with van der Waals surface area (Å²) < 4.78 is 12.4. The fourth-order valence-corrected chi connectivity index (χ4v) is 10.1. The van der Waals surface area contributed by atoms with Crippen LogP contribution in [-0.4, -0.2) is 41.8 Å². The minimum absolute atomic E-state index is 0.0303. The van der Waals surface area contributed by atoms with Crippen molar-refractivity contribution in [2.24, 2.45) is 35.0 Å². The molecule has 3 heterocycles. The first kappa shape index (κ1) is 31.3. The number of allylic oxidation sites excluding steroid dienone is 5. The van der Waals surface area contributed by atoms with E-state index in [-0.39, 0.29) is 48.0 Å². The van der Waals surface area contributed by atoms with Crippen molar-refractivity contribution in [1.82, 2.24) is 5.32 Å². The zero-order valence-electron chi connectivity index (χ0n) is 27.7. The molecule has 2 aromatic rings. The fourth-order valence-electron chi connectivity index (χ4n) is 10.1. The molecule has 0 aromatic heterocycles. The van der Waals surface area contributed by atoms with E-state index in [4.69, 9.17) is 9.47 Å². The maximum Gasteiger partial charge on any atom is 0.340 e. The molecule has 0 amide bonds. The number of cyclic esters (lactones) is 2. The molecule has 3 aliphatic heterocycles.